The summed E-state index contributed by atoms with van der Waals surface area (Å²) in [6.45, 7) is 1.28. The van der Waals surface area contributed by atoms with Gasteiger partial charge in [0.2, 0.25) is 5.91 Å². The number of nitrogens with zero attached hydrogens (tertiary/aromatic N) is 3. The van der Waals surface area contributed by atoms with Gasteiger partial charge in [-0.2, -0.15) is 0 Å². The lowest BCUT2D eigenvalue weighted by Gasteiger charge is -2.37. The molecule has 0 aromatic heterocycles. The molecule has 2 aliphatic rings. The highest BCUT2D eigenvalue weighted by Gasteiger charge is 2.44. The van der Waals surface area contributed by atoms with Gasteiger partial charge in [-0.25, -0.2) is 4.79 Å². The maximum Gasteiger partial charge on any atom is 0.409 e. The van der Waals surface area contributed by atoms with E-state index in [0.717, 1.165) is 10.5 Å². The number of piperazine rings is 1. The number of ether oxygens (including phenoxy) is 1. The van der Waals surface area contributed by atoms with Crippen molar-refractivity contribution >= 4 is 23.8 Å². The minimum Gasteiger partial charge on any atom is -0.453 e. The normalized spacial score (nSPS) is 16.9. The van der Waals surface area contributed by atoms with Gasteiger partial charge >= 0.3 is 6.09 Å². The van der Waals surface area contributed by atoms with Crippen LogP contribution in [0.25, 0.3) is 0 Å². The lowest BCUT2D eigenvalue weighted by molar-refractivity contribution is -0.137. The molecule has 0 bridgehead atoms. The number of hydrogen-bond donors (Lipinski definition) is 0. The topological polar surface area (TPSA) is 87.2 Å². The van der Waals surface area contributed by atoms with Crippen molar-refractivity contribution in [3.63, 3.8) is 0 Å². The van der Waals surface area contributed by atoms with E-state index in [-0.39, 0.29) is 12.3 Å². The van der Waals surface area contributed by atoms with Gasteiger partial charge in [0.05, 0.1) is 18.2 Å². The Morgan fingerprint density at radius 2 is 1.35 bits per heavy atom. The molecule has 0 aliphatic carbocycles. The molecular weight excluding hydrogens is 398 g/mol. The van der Waals surface area contributed by atoms with E-state index in [4.69, 9.17) is 4.74 Å². The van der Waals surface area contributed by atoms with Gasteiger partial charge in [-0.15, -0.1) is 0 Å². The molecule has 2 aliphatic heterocycles. The quantitative estimate of drug-likeness (QED) is 0.703. The number of imide groups is 1. The van der Waals surface area contributed by atoms with Crippen LogP contribution in [0.5, 0.6) is 0 Å². The van der Waals surface area contributed by atoms with Gasteiger partial charge in [0.1, 0.15) is 6.04 Å². The van der Waals surface area contributed by atoms with E-state index < -0.39 is 23.9 Å². The lowest BCUT2D eigenvalue weighted by atomic mass is 10.0. The molecule has 2 aromatic rings. The van der Waals surface area contributed by atoms with Crippen LogP contribution >= 0.6 is 0 Å². The fraction of sp³-hybridized carbons (Fsp3) is 0.304. The number of hydrogen-bond acceptors (Lipinski definition) is 5. The average molecular weight is 421 g/mol. The molecule has 1 unspecified atom stereocenters. The van der Waals surface area contributed by atoms with Crippen molar-refractivity contribution in [3.8, 4) is 0 Å². The fourth-order valence-electron chi connectivity index (χ4n) is 4.07. The molecular formula is C23H23N3O5. The first-order chi connectivity index (χ1) is 15.0. The lowest BCUT2D eigenvalue weighted by Crippen LogP contribution is -2.57. The largest absolute Gasteiger partial charge is 0.453 e. The second kappa shape index (κ2) is 8.59. The summed E-state index contributed by atoms with van der Waals surface area (Å²) in [6, 6.07) is 15.0. The average Bonchev–Trinajstić information content (AvgIpc) is 3.07. The molecule has 8 heteroatoms. The number of rotatable bonds is 4. The smallest absolute Gasteiger partial charge is 0.409 e. The van der Waals surface area contributed by atoms with Gasteiger partial charge in [-0.05, 0) is 17.7 Å². The van der Waals surface area contributed by atoms with Crippen molar-refractivity contribution in [1.82, 2.24) is 14.7 Å². The van der Waals surface area contributed by atoms with Crippen LogP contribution in [0.1, 0.15) is 26.3 Å². The predicted octanol–water partition coefficient (Wildman–Crippen LogP) is 1.80. The van der Waals surface area contributed by atoms with Crippen molar-refractivity contribution in [2.75, 3.05) is 33.3 Å². The van der Waals surface area contributed by atoms with Gasteiger partial charge in [0, 0.05) is 32.6 Å². The molecule has 4 amide bonds. The van der Waals surface area contributed by atoms with Gasteiger partial charge in [0.25, 0.3) is 11.8 Å². The molecule has 8 nitrogen and oxygen atoms in total. The predicted molar refractivity (Wildman–Crippen MR) is 111 cm³/mol. The van der Waals surface area contributed by atoms with E-state index in [1.807, 2.05) is 30.3 Å². The highest BCUT2D eigenvalue weighted by molar-refractivity contribution is 6.22. The highest BCUT2D eigenvalue weighted by atomic mass is 16.5. The number of benzene rings is 2. The van der Waals surface area contributed by atoms with Crippen molar-refractivity contribution in [1.29, 1.82) is 0 Å². The third-order valence-corrected chi connectivity index (χ3v) is 5.72. The summed E-state index contributed by atoms with van der Waals surface area (Å²) in [4.78, 5) is 55.6. The summed E-state index contributed by atoms with van der Waals surface area (Å²) < 4.78 is 4.74. The zero-order valence-corrected chi connectivity index (χ0v) is 17.2. The molecule has 0 saturated carbocycles. The Balaban J connectivity index is 1.60. The van der Waals surface area contributed by atoms with Crippen LogP contribution in [0.15, 0.2) is 54.6 Å². The summed E-state index contributed by atoms with van der Waals surface area (Å²) in [7, 11) is 1.32. The number of amides is 4. The summed E-state index contributed by atoms with van der Waals surface area (Å²) in [5, 5.41) is 0. The summed E-state index contributed by atoms with van der Waals surface area (Å²) in [5.74, 6) is -1.21. The summed E-state index contributed by atoms with van der Waals surface area (Å²) in [6.07, 6.45) is -0.212. The molecule has 2 heterocycles. The van der Waals surface area contributed by atoms with Crippen LogP contribution < -0.4 is 0 Å². The van der Waals surface area contributed by atoms with Crippen molar-refractivity contribution in [2.24, 2.45) is 0 Å². The van der Waals surface area contributed by atoms with E-state index in [1.54, 1.807) is 29.2 Å². The van der Waals surface area contributed by atoms with Gasteiger partial charge in [0.15, 0.2) is 0 Å². The number of methoxy groups -OCH3 is 1. The minimum absolute atomic E-state index is 0.225. The third kappa shape index (κ3) is 3.88. The second-order valence-electron chi connectivity index (χ2n) is 7.51. The zero-order valence-electron chi connectivity index (χ0n) is 17.2. The number of carbonyl (C=O) groups excluding carboxylic acids is 4. The molecule has 1 saturated heterocycles. The summed E-state index contributed by atoms with van der Waals surface area (Å²) >= 11 is 0. The van der Waals surface area contributed by atoms with Gasteiger partial charge in [-0.1, -0.05) is 42.5 Å². The highest BCUT2D eigenvalue weighted by Crippen LogP contribution is 2.27. The molecule has 1 fully saturated rings. The zero-order chi connectivity index (χ0) is 22.0. The van der Waals surface area contributed by atoms with Gasteiger partial charge in [-0.3, -0.25) is 19.3 Å². The van der Waals surface area contributed by atoms with Gasteiger partial charge < -0.3 is 14.5 Å². The maximum atomic E-state index is 13.5. The van der Waals surface area contributed by atoms with Crippen LogP contribution in [-0.4, -0.2) is 77.8 Å². The van der Waals surface area contributed by atoms with Crippen LogP contribution in [0.4, 0.5) is 4.79 Å². The standard InChI is InChI=1S/C23H23N3O5/c1-31-23(30)25-13-11-24(12-14-25)22(29)19(15-16-7-3-2-4-8-16)26-20(27)17-9-5-6-10-18(17)21(26)28/h2-10,19H,11-15H2,1H3. The molecule has 0 N–H and O–H groups in total. The SMILES string of the molecule is COC(=O)N1CCN(C(=O)C(Cc2ccccc2)N2C(=O)c3ccccc3C2=O)CC1. The first kappa shape index (κ1) is 20.6. The van der Waals surface area contributed by atoms with Crippen molar-refractivity contribution in [3.05, 3.63) is 71.3 Å². The Morgan fingerprint density at radius 1 is 0.839 bits per heavy atom. The minimum atomic E-state index is -0.959. The fourth-order valence-corrected chi connectivity index (χ4v) is 4.07. The molecule has 0 radical (unpaired) electrons. The summed E-state index contributed by atoms with van der Waals surface area (Å²) in [5.41, 5.74) is 1.48. The molecule has 4 rings (SSSR count). The monoisotopic (exact) mass is 421 g/mol. The van der Waals surface area contributed by atoms with E-state index in [9.17, 15) is 19.2 Å². The first-order valence-corrected chi connectivity index (χ1v) is 10.1. The van der Waals surface area contributed by atoms with E-state index in [0.29, 0.717) is 37.3 Å². The van der Waals surface area contributed by atoms with Crippen LogP contribution in [0, 0.1) is 0 Å². The van der Waals surface area contributed by atoms with E-state index in [1.165, 1.54) is 12.0 Å². The Kier molecular flexibility index (Phi) is 5.70. The molecule has 2 aromatic carbocycles. The second-order valence-corrected chi connectivity index (χ2v) is 7.51. The maximum absolute atomic E-state index is 13.5. The Hall–Kier alpha value is -3.68. The van der Waals surface area contributed by atoms with Crippen LogP contribution in [-0.2, 0) is 16.0 Å². The number of fused-ring (bicyclic) bond motifs is 1. The Labute approximate surface area is 180 Å². The Bertz CT molecular complexity index is 980. The molecule has 160 valence electrons. The van der Waals surface area contributed by atoms with Crippen LogP contribution in [0.2, 0.25) is 0 Å². The van der Waals surface area contributed by atoms with Crippen molar-refractivity contribution < 1.29 is 23.9 Å². The Morgan fingerprint density at radius 3 is 1.90 bits per heavy atom. The molecule has 1 atom stereocenters. The van der Waals surface area contributed by atoms with Crippen molar-refractivity contribution in [2.45, 2.75) is 12.5 Å². The van der Waals surface area contributed by atoms with Crippen LogP contribution in [0.3, 0.4) is 0 Å². The molecule has 31 heavy (non-hydrogen) atoms. The third-order valence-electron chi connectivity index (χ3n) is 5.72. The van der Waals surface area contributed by atoms with E-state index in [2.05, 4.69) is 0 Å². The van der Waals surface area contributed by atoms with E-state index >= 15 is 0 Å². The first-order valence-electron chi connectivity index (χ1n) is 10.1. The number of carbonyl (C=O) groups is 4. The molecule has 0 spiro atoms.